The third kappa shape index (κ3) is 5.46. The summed E-state index contributed by atoms with van der Waals surface area (Å²) in [5.41, 5.74) is 0. The molecule has 0 spiro atoms. The van der Waals surface area contributed by atoms with E-state index in [0.717, 1.165) is 0 Å². The van der Waals surface area contributed by atoms with E-state index in [9.17, 15) is 18.0 Å². The maximum absolute atomic E-state index is 11.6. The molecule has 19 heavy (non-hydrogen) atoms. The van der Waals surface area contributed by atoms with Gasteiger partial charge in [0.2, 0.25) is 0 Å². The number of carbonyl (C=O) groups excluding carboxylic acids is 1. The van der Waals surface area contributed by atoms with Gasteiger partial charge in [0.1, 0.15) is 6.04 Å². The van der Waals surface area contributed by atoms with E-state index in [1.54, 1.807) is 0 Å². The molecule has 0 aliphatic carbocycles. The standard InChI is InChI=1S/C11H20N2O5S/c1-7(2)5-9(10(14)15)13-11(16)12-8-3-4-19(17,18)6-8/h7-9H,3-6H2,1-2H3,(H,14,15)(H2,12,13,16)/t8?,9-/m0/s1. The molecule has 1 saturated heterocycles. The van der Waals surface area contributed by atoms with Crippen molar-refractivity contribution in [2.45, 2.75) is 38.8 Å². The Morgan fingerprint density at radius 1 is 1.37 bits per heavy atom. The Morgan fingerprint density at radius 3 is 2.42 bits per heavy atom. The zero-order valence-electron chi connectivity index (χ0n) is 11.0. The first-order valence-electron chi connectivity index (χ1n) is 6.20. The van der Waals surface area contributed by atoms with Gasteiger partial charge in [0, 0.05) is 6.04 Å². The molecule has 7 nitrogen and oxygen atoms in total. The van der Waals surface area contributed by atoms with Crippen molar-refractivity contribution in [2.24, 2.45) is 5.92 Å². The number of carbonyl (C=O) groups is 2. The minimum atomic E-state index is -3.06. The van der Waals surface area contributed by atoms with Crippen LogP contribution in [0, 0.1) is 5.92 Å². The monoisotopic (exact) mass is 292 g/mol. The molecule has 2 atom stereocenters. The first kappa shape index (κ1) is 15.7. The van der Waals surface area contributed by atoms with E-state index < -0.39 is 33.9 Å². The lowest BCUT2D eigenvalue weighted by Crippen LogP contribution is -2.49. The van der Waals surface area contributed by atoms with E-state index in [0.29, 0.717) is 12.8 Å². The van der Waals surface area contributed by atoms with Gasteiger partial charge in [-0.25, -0.2) is 18.0 Å². The van der Waals surface area contributed by atoms with Gasteiger partial charge in [-0.15, -0.1) is 0 Å². The van der Waals surface area contributed by atoms with Crippen molar-refractivity contribution in [1.29, 1.82) is 0 Å². The highest BCUT2D eigenvalue weighted by molar-refractivity contribution is 7.91. The summed E-state index contributed by atoms with van der Waals surface area (Å²) in [5.74, 6) is -0.981. The lowest BCUT2D eigenvalue weighted by Gasteiger charge is -2.18. The fraction of sp³-hybridized carbons (Fsp3) is 0.818. The number of amides is 2. The summed E-state index contributed by atoms with van der Waals surface area (Å²) < 4.78 is 22.5. The quantitative estimate of drug-likeness (QED) is 0.659. The maximum atomic E-state index is 11.6. The average Bonchev–Trinajstić information content (AvgIpc) is 2.56. The summed E-state index contributed by atoms with van der Waals surface area (Å²) in [6.07, 6.45) is 0.698. The van der Waals surface area contributed by atoms with E-state index in [2.05, 4.69) is 10.6 Å². The number of carboxylic acids is 1. The topological polar surface area (TPSA) is 113 Å². The summed E-state index contributed by atoms with van der Waals surface area (Å²) >= 11 is 0. The second-order valence-electron chi connectivity index (χ2n) is 5.24. The zero-order chi connectivity index (χ0) is 14.6. The van der Waals surface area contributed by atoms with Crippen LogP contribution in [0.4, 0.5) is 4.79 Å². The minimum absolute atomic E-state index is 0.0618. The third-order valence-corrected chi connectivity index (χ3v) is 4.65. The molecule has 1 unspecified atom stereocenters. The van der Waals surface area contributed by atoms with Gasteiger partial charge < -0.3 is 15.7 Å². The van der Waals surface area contributed by atoms with Gasteiger partial charge in [0.25, 0.3) is 0 Å². The van der Waals surface area contributed by atoms with Crippen molar-refractivity contribution >= 4 is 21.8 Å². The van der Waals surface area contributed by atoms with Crippen molar-refractivity contribution in [2.75, 3.05) is 11.5 Å². The maximum Gasteiger partial charge on any atom is 0.326 e. The molecule has 110 valence electrons. The number of rotatable bonds is 5. The molecule has 0 aromatic heterocycles. The highest BCUT2D eigenvalue weighted by Gasteiger charge is 2.30. The Morgan fingerprint density at radius 2 is 2.00 bits per heavy atom. The van der Waals surface area contributed by atoms with Gasteiger partial charge in [0.15, 0.2) is 9.84 Å². The molecule has 1 fully saturated rings. The van der Waals surface area contributed by atoms with E-state index in [1.165, 1.54) is 0 Å². The van der Waals surface area contributed by atoms with Crippen LogP contribution in [0.15, 0.2) is 0 Å². The molecule has 2 amide bonds. The van der Waals surface area contributed by atoms with Gasteiger partial charge in [-0.05, 0) is 18.8 Å². The van der Waals surface area contributed by atoms with Crippen molar-refractivity contribution in [3.63, 3.8) is 0 Å². The van der Waals surface area contributed by atoms with Crippen LogP contribution in [0.1, 0.15) is 26.7 Å². The normalized spacial score (nSPS) is 23.0. The number of hydrogen-bond donors (Lipinski definition) is 3. The van der Waals surface area contributed by atoms with Crippen LogP contribution in [-0.4, -0.2) is 49.1 Å². The predicted molar refractivity (Wildman–Crippen MR) is 69.6 cm³/mol. The SMILES string of the molecule is CC(C)C[C@H](NC(=O)NC1CCS(=O)(=O)C1)C(=O)O. The Balaban J connectivity index is 2.47. The van der Waals surface area contributed by atoms with Crippen LogP contribution in [0.25, 0.3) is 0 Å². The number of aliphatic carboxylic acids is 1. The van der Waals surface area contributed by atoms with Crippen LogP contribution >= 0.6 is 0 Å². The Bertz CT molecular complexity index is 446. The summed E-state index contributed by atoms with van der Waals surface area (Å²) in [7, 11) is -3.06. The van der Waals surface area contributed by atoms with Gasteiger partial charge in [0.05, 0.1) is 11.5 Å². The number of urea groups is 1. The second kappa shape index (κ2) is 6.23. The molecule has 0 saturated carbocycles. The van der Waals surface area contributed by atoms with E-state index >= 15 is 0 Å². The van der Waals surface area contributed by atoms with E-state index in [4.69, 9.17) is 5.11 Å². The molecular formula is C11H20N2O5S. The highest BCUT2D eigenvalue weighted by Crippen LogP contribution is 2.11. The summed E-state index contributed by atoms with van der Waals surface area (Å²) in [6, 6.07) is -2.02. The third-order valence-electron chi connectivity index (χ3n) is 2.88. The highest BCUT2D eigenvalue weighted by atomic mass is 32.2. The van der Waals surface area contributed by atoms with Crippen molar-refractivity contribution in [3.8, 4) is 0 Å². The lowest BCUT2D eigenvalue weighted by molar-refractivity contribution is -0.139. The predicted octanol–water partition coefficient (Wildman–Crippen LogP) is -0.0280. The minimum Gasteiger partial charge on any atom is -0.480 e. The molecule has 0 bridgehead atoms. The Kier molecular flexibility index (Phi) is 5.16. The zero-order valence-corrected chi connectivity index (χ0v) is 11.9. The number of hydrogen-bond acceptors (Lipinski definition) is 4. The average molecular weight is 292 g/mol. The van der Waals surface area contributed by atoms with Gasteiger partial charge in [-0.3, -0.25) is 0 Å². The molecule has 1 heterocycles. The van der Waals surface area contributed by atoms with E-state index in [1.807, 2.05) is 13.8 Å². The molecule has 1 aliphatic heterocycles. The van der Waals surface area contributed by atoms with Gasteiger partial charge >= 0.3 is 12.0 Å². The fourth-order valence-electron chi connectivity index (χ4n) is 1.99. The van der Waals surface area contributed by atoms with Crippen molar-refractivity contribution in [3.05, 3.63) is 0 Å². The Labute approximate surface area is 112 Å². The molecule has 0 aromatic rings. The van der Waals surface area contributed by atoms with Gasteiger partial charge in [-0.1, -0.05) is 13.8 Å². The fourth-order valence-corrected chi connectivity index (χ4v) is 3.66. The lowest BCUT2D eigenvalue weighted by atomic mass is 10.0. The first-order chi connectivity index (χ1) is 8.69. The summed E-state index contributed by atoms with van der Waals surface area (Å²) in [5, 5.41) is 13.8. The number of carboxylic acid groups (broad SMARTS) is 1. The molecule has 1 rings (SSSR count). The van der Waals surface area contributed by atoms with Crippen molar-refractivity contribution < 1.29 is 23.1 Å². The van der Waals surface area contributed by atoms with Crippen molar-refractivity contribution in [1.82, 2.24) is 10.6 Å². The van der Waals surface area contributed by atoms with Crippen LogP contribution in [-0.2, 0) is 14.6 Å². The van der Waals surface area contributed by atoms with Crippen LogP contribution < -0.4 is 10.6 Å². The Hall–Kier alpha value is -1.31. The molecule has 1 aliphatic rings. The molecule has 3 N–H and O–H groups in total. The first-order valence-corrected chi connectivity index (χ1v) is 8.02. The molecule has 0 aromatic carbocycles. The van der Waals surface area contributed by atoms with E-state index in [-0.39, 0.29) is 17.4 Å². The molecular weight excluding hydrogens is 272 g/mol. The number of sulfone groups is 1. The largest absolute Gasteiger partial charge is 0.480 e. The summed E-state index contributed by atoms with van der Waals surface area (Å²) in [4.78, 5) is 22.6. The van der Waals surface area contributed by atoms with Crippen LogP contribution in [0.3, 0.4) is 0 Å². The van der Waals surface area contributed by atoms with Crippen LogP contribution in [0.5, 0.6) is 0 Å². The molecule has 0 radical (unpaired) electrons. The van der Waals surface area contributed by atoms with Crippen LogP contribution in [0.2, 0.25) is 0 Å². The second-order valence-corrected chi connectivity index (χ2v) is 7.47. The smallest absolute Gasteiger partial charge is 0.326 e. The molecule has 8 heteroatoms. The van der Waals surface area contributed by atoms with Gasteiger partial charge in [-0.2, -0.15) is 0 Å². The summed E-state index contributed by atoms with van der Waals surface area (Å²) in [6.45, 7) is 3.72. The number of nitrogens with one attached hydrogen (secondary N) is 2.